The van der Waals surface area contributed by atoms with Crippen molar-refractivity contribution in [3.05, 3.63) is 93.4 Å². The van der Waals surface area contributed by atoms with Gasteiger partial charge in [0.05, 0.1) is 10.6 Å². The lowest BCUT2D eigenvalue weighted by molar-refractivity contribution is -0.139. The molecule has 2 amide bonds. The number of nitrogens with zero attached hydrogens (tertiary/aromatic N) is 2. The Morgan fingerprint density at radius 3 is 2.10 bits per heavy atom. The second-order valence-corrected chi connectivity index (χ2v) is 12.7. The van der Waals surface area contributed by atoms with Crippen molar-refractivity contribution in [3.63, 3.8) is 0 Å². The molecule has 0 fully saturated rings. The van der Waals surface area contributed by atoms with E-state index >= 15 is 0 Å². The van der Waals surface area contributed by atoms with Gasteiger partial charge >= 0.3 is 0 Å². The van der Waals surface area contributed by atoms with E-state index < -0.39 is 28.5 Å². The molecule has 0 saturated heterocycles. The molecule has 3 aromatic rings. The van der Waals surface area contributed by atoms with Crippen LogP contribution < -0.4 is 9.62 Å². The van der Waals surface area contributed by atoms with Gasteiger partial charge in [-0.2, -0.15) is 0 Å². The monoisotopic (exact) mass is 633 g/mol. The molecule has 0 radical (unpaired) electrons. The molecule has 2 atom stereocenters. The molecule has 3 aromatic carbocycles. The average Bonchev–Trinajstić information content (AvgIpc) is 2.91. The lowest BCUT2D eigenvalue weighted by Crippen LogP contribution is -2.52. The number of nitrogens with one attached hydrogen (secondary N) is 1. The molecular formula is C29H33BrClN3O4S. The molecule has 39 heavy (non-hydrogen) atoms. The van der Waals surface area contributed by atoms with E-state index in [-0.39, 0.29) is 23.4 Å². The first-order valence-electron chi connectivity index (χ1n) is 12.6. The zero-order valence-electron chi connectivity index (χ0n) is 22.4. The van der Waals surface area contributed by atoms with Gasteiger partial charge in [0, 0.05) is 22.1 Å². The number of rotatable bonds is 11. The summed E-state index contributed by atoms with van der Waals surface area (Å²) in [4.78, 5) is 28.5. The lowest BCUT2D eigenvalue weighted by Gasteiger charge is -2.32. The largest absolute Gasteiger partial charge is 0.352 e. The number of hydrogen-bond acceptors (Lipinski definition) is 4. The maximum atomic E-state index is 13.9. The topological polar surface area (TPSA) is 86.8 Å². The van der Waals surface area contributed by atoms with Crippen molar-refractivity contribution in [1.29, 1.82) is 0 Å². The average molecular weight is 635 g/mol. The van der Waals surface area contributed by atoms with Crippen LogP contribution >= 0.6 is 27.5 Å². The van der Waals surface area contributed by atoms with Crippen LogP contribution in [0.2, 0.25) is 5.02 Å². The molecule has 0 aliphatic carbocycles. The van der Waals surface area contributed by atoms with E-state index in [0.29, 0.717) is 10.7 Å². The Morgan fingerprint density at radius 1 is 0.949 bits per heavy atom. The molecular weight excluding hydrogens is 602 g/mol. The third kappa shape index (κ3) is 8.06. The second-order valence-electron chi connectivity index (χ2n) is 9.44. The van der Waals surface area contributed by atoms with E-state index in [1.165, 1.54) is 17.0 Å². The molecule has 3 rings (SSSR count). The summed E-state index contributed by atoms with van der Waals surface area (Å²) in [5, 5.41) is 3.47. The predicted molar refractivity (Wildman–Crippen MR) is 159 cm³/mol. The summed E-state index contributed by atoms with van der Waals surface area (Å²) < 4.78 is 29.5. The van der Waals surface area contributed by atoms with Gasteiger partial charge < -0.3 is 10.2 Å². The standard InChI is InChI=1S/C29H33BrClN3O4S/c1-5-21(3)32-29(36)22(4)33(18-23-8-12-25(31)13-9-23)28(35)19-34(26-14-10-24(30)11-15-26)39(37,38)27-16-6-20(2)7-17-27/h6-17,21-22H,5,18-19H2,1-4H3,(H,32,36)/t21-,22-/m1/s1. The van der Waals surface area contributed by atoms with E-state index in [2.05, 4.69) is 21.2 Å². The molecule has 0 saturated carbocycles. The van der Waals surface area contributed by atoms with Crippen LogP contribution in [-0.2, 0) is 26.2 Å². The normalized spacial score (nSPS) is 12.9. The van der Waals surface area contributed by atoms with Crippen molar-refractivity contribution in [2.45, 2.75) is 57.6 Å². The number of carbonyl (C=O) groups excluding carboxylic acids is 2. The Labute approximate surface area is 244 Å². The maximum Gasteiger partial charge on any atom is 0.264 e. The first kappa shape index (κ1) is 30.7. The molecule has 1 N–H and O–H groups in total. The number of anilines is 1. The van der Waals surface area contributed by atoms with Gasteiger partial charge in [-0.05, 0) is 81.3 Å². The fourth-order valence-electron chi connectivity index (χ4n) is 3.81. The van der Waals surface area contributed by atoms with Crippen molar-refractivity contribution in [3.8, 4) is 0 Å². The van der Waals surface area contributed by atoms with Crippen molar-refractivity contribution >= 4 is 55.1 Å². The van der Waals surface area contributed by atoms with Crippen LogP contribution in [0, 0.1) is 6.92 Å². The number of halogens is 2. The van der Waals surface area contributed by atoms with Gasteiger partial charge in [0.1, 0.15) is 12.6 Å². The Hall–Kier alpha value is -2.88. The van der Waals surface area contributed by atoms with Crippen LogP contribution in [0.5, 0.6) is 0 Å². The van der Waals surface area contributed by atoms with E-state index in [9.17, 15) is 18.0 Å². The van der Waals surface area contributed by atoms with Gasteiger partial charge in [0.15, 0.2) is 0 Å². The summed E-state index contributed by atoms with van der Waals surface area (Å²) in [5.41, 5.74) is 2.00. The number of aryl methyl sites for hydroxylation is 1. The van der Waals surface area contributed by atoms with Crippen LogP contribution in [0.15, 0.2) is 82.2 Å². The zero-order valence-corrected chi connectivity index (χ0v) is 25.6. The summed E-state index contributed by atoms with van der Waals surface area (Å²) in [6, 6.07) is 19.2. The minimum atomic E-state index is -4.11. The predicted octanol–water partition coefficient (Wildman–Crippen LogP) is 5.94. The van der Waals surface area contributed by atoms with Crippen LogP contribution in [0.1, 0.15) is 38.3 Å². The zero-order chi connectivity index (χ0) is 28.7. The first-order valence-corrected chi connectivity index (χ1v) is 15.2. The highest BCUT2D eigenvalue weighted by Crippen LogP contribution is 2.26. The molecule has 0 bridgehead atoms. The molecule has 7 nitrogen and oxygen atoms in total. The Balaban J connectivity index is 2.01. The van der Waals surface area contributed by atoms with Crippen LogP contribution in [0.25, 0.3) is 0 Å². The minimum absolute atomic E-state index is 0.0654. The van der Waals surface area contributed by atoms with Gasteiger partial charge in [0.2, 0.25) is 11.8 Å². The quantitative estimate of drug-likeness (QED) is 0.283. The van der Waals surface area contributed by atoms with Crippen LogP contribution in [-0.4, -0.2) is 43.8 Å². The molecule has 208 valence electrons. The summed E-state index contributed by atoms with van der Waals surface area (Å²) in [6.07, 6.45) is 0.732. The van der Waals surface area contributed by atoms with Crippen molar-refractivity contribution in [2.24, 2.45) is 0 Å². The van der Waals surface area contributed by atoms with Crippen molar-refractivity contribution in [1.82, 2.24) is 10.2 Å². The van der Waals surface area contributed by atoms with E-state index in [0.717, 1.165) is 26.3 Å². The number of amides is 2. The summed E-state index contributed by atoms with van der Waals surface area (Å²) in [6.45, 7) is 6.96. The number of carbonyl (C=O) groups is 2. The maximum absolute atomic E-state index is 13.9. The van der Waals surface area contributed by atoms with Crippen molar-refractivity contribution < 1.29 is 18.0 Å². The Morgan fingerprint density at radius 2 is 1.54 bits per heavy atom. The molecule has 0 unspecified atom stereocenters. The third-order valence-corrected chi connectivity index (χ3v) is 9.01. The summed E-state index contributed by atoms with van der Waals surface area (Å²) >= 11 is 9.42. The summed E-state index contributed by atoms with van der Waals surface area (Å²) in [7, 11) is -4.11. The third-order valence-electron chi connectivity index (χ3n) is 6.44. The highest BCUT2D eigenvalue weighted by Gasteiger charge is 2.32. The number of sulfonamides is 1. The molecule has 0 aromatic heterocycles. The van der Waals surface area contributed by atoms with Gasteiger partial charge in [0.25, 0.3) is 10.0 Å². The first-order chi connectivity index (χ1) is 18.4. The number of benzene rings is 3. The van der Waals surface area contributed by atoms with E-state index in [4.69, 9.17) is 11.6 Å². The molecule has 0 spiro atoms. The van der Waals surface area contributed by atoms with E-state index in [1.54, 1.807) is 67.6 Å². The van der Waals surface area contributed by atoms with Crippen molar-refractivity contribution in [2.75, 3.05) is 10.8 Å². The van der Waals surface area contributed by atoms with Gasteiger partial charge in [-0.3, -0.25) is 13.9 Å². The highest BCUT2D eigenvalue weighted by atomic mass is 79.9. The van der Waals surface area contributed by atoms with Crippen LogP contribution in [0.3, 0.4) is 0 Å². The lowest BCUT2D eigenvalue weighted by atomic mass is 10.1. The van der Waals surface area contributed by atoms with E-state index in [1.807, 2.05) is 20.8 Å². The van der Waals surface area contributed by atoms with Gasteiger partial charge in [-0.25, -0.2) is 8.42 Å². The Bertz CT molecular complexity index is 1380. The fourth-order valence-corrected chi connectivity index (χ4v) is 5.61. The second kappa shape index (κ2) is 13.5. The highest BCUT2D eigenvalue weighted by molar-refractivity contribution is 9.10. The van der Waals surface area contributed by atoms with Gasteiger partial charge in [-0.1, -0.05) is 64.3 Å². The minimum Gasteiger partial charge on any atom is -0.352 e. The van der Waals surface area contributed by atoms with Gasteiger partial charge in [-0.15, -0.1) is 0 Å². The fraction of sp³-hybridized carbons (Fsp3) is 0.310. The number of hydrogen-bond donors (Lipinski definition) is 1. The molecule has 0 aliphatic rings. The molecule has 0 aliphatic heterocycles. The molecule has 0 heterocycles. The smallest absolute Gasteiger partial charge is 0.264 e. The SMILES string of the molecule is CC[C@@H](C)NC(=O)[C@@H](C)N(Cc1ccc(Cl)cc1)C(=O)CN(c1ccc(Br)cc1)S(=O)(=O)c1ccc(C)cc1. The van der Waals surface area contributed by atoms with Crippen LogP contribution in [0.4, 0.5) is 5.69 Å². The summed E-state index contributed by atoms with van der Waals surface area (Å²) in [5.74, 6) is -0.835. The Kier molecular flexibility index (Phi) is 10.6. The molecule has 10 heteroatoms.